The molecule has 0 spiro atoms. The molecular formula is C16H27N5O2. The number of hydrogen-bond acceptors (Lipinski definition) is 5. The third-order valence-electron chi connectivity index (χ3n) is 5.35. The van der Waals surface area contributed by atoms with Gasteiger partial charge < -0.3 is 10.4 Å². The summed E-state index contributed by atoms with van der Waals surface area (Å²) in [4.78, 5) is 12.5. The highest BCUT2D eigenvalue weighted by atomic mass is 16.3. The van der Waals surface area contributed by atoms with Crippen LogP contribution in [0.25, 0.3) is 0 Å². The van der Waals surface area contributed by atoms with Crippen molar-refractivity contribution in [2.45, 2.75) is 82.3 Å². The Morgan fingerprint density at radius 3 is 2.57 bits per heavy atom. The maximum Gasteiger partial charge on any atom is 0.223 e. The molecule has 1 aromatic rings. The molecule has 23 heavy (non-hydrogen) atoms. The molecule has 3 rings (SSSR count). The van der Waals surface area contributed by atoms with Gasteiger partial charge in [-0.15, -0.1) is 10.2 Å². The predicted molar refractivity (Wildman–Crippen MR) is 84.3 cm³/mol. The topological polar surface area (TPSA) is 104 Å². The molecule has 2 saturated carbocycles. The fourth-order valence-corrected chi connectivity index (χ4v) is 4.07. The van der Waals surface area contributed by atoms with Gasteiger partial charge in [0.2, 0.25) is 5.91 Å². The molecule has 0 radical (unpaired) electrons. The van der Waals surface area contributed by atoms with Crippen molar-refractivity contribution >= 4 is 5.91 Å². The Balaban J connectivity index is 1.64. The number of H-pyrrole nitrogens is 1. The van der Waals surface area contributed by atoms with Gasteiger partial charge in [0.1, 0.15) is 0 Å². The number of aliphatic hydroxyl groups is 1. The molecule has 0 bridgehead atoms. The molecule has 1 unspecified atom stereocenters. The zero-order chi connectivity index (χ0) is 16.1. The summed E-state index contributed by atoms with van der Waals surface area (Å²) in [6.45, 7) is 0. The van der Waals surface area contributed by atoms with E-state index in [1.165, 1.54) is 19.3 Å². The van der Waals surface area contributed by atoms with Crippen molar-refractivity contribution in [1.29, 1.82) is 0 Å². The van der Waals surface area contributed by atoms with Crippen LogP contribution in [0.2, 0.25) is 0 Å². The van der Waals surface area contributed by atoms with Gasteiger partial charge in [0.05, 0.1) is 18.1 Å². The molecule has 2 fully saturated rings. The van der Waals surface area contributed by atoms with Crippen molar-refractivity contribution in [3.05, 3.63) is 5.82 Å². The number of hydrogen-bond donors (Lipinski definition) is 3. The lowest BCUT2D eigenvalue weighted by atomic mass is 9.81. The van der Waals surface area contributed by atoms with Crippen LogP contribution in [-0.4, -0.2) is 37.2 Å². The lowest BCUT2D eigenvalue weighted by molar-refractivity contribution is -0.128. The Kier molecular flexibility index (Phi) is 5.25. The second kappa shape index (κ2) is 7.38. The van der Waals surface area contributed by atoms with Crippen molar-refractivity contribution in [1.82, 2.24) is 25.9 Å². The summed E-state index contributed by atoms with van der Waals surface area (Å²) in [7, 11) is 0. The predicted octanol–water partition coefficient (Wildman–Crippen LogP) is 2.02. The van der Waals surface area contributed by atoms with Crippen LogP contribution in [0, 0.1) is 5.92 Å². The Morgan fingerprint density at radius 1 is 1.22 bits per heavy atom. The number of nitrogens with one attached hydrogen (secondary N) is 2. The van der Waals surface area contributed by atoms with Crippen molar-refractivity contribution in [2.75, 3.05) is 0 Å². The molecular weight excluding hydrogens is 294 g/mol. The minimum Gasteiger partial charge on any atom is -0.389 e. The van der Waals surface area contributed by atoms with Gasteiger partial charge in [-0.25, -0.2) is 0 Å². The number of tetrazole rings is 1. The molecule has 2 aliphatic carbocycles. The van der Waals surface area contributed by atoms with Crippen molar-refractivity contribution in [3.63, 3.8) is 0 Å². The third kappa shape index (κ3) is 4.28. The van der Waals surface area contributed by atoms with E-state index in [0.29, 0.717) is 11.7 Å². The summed E-state index contributed by atoms with van der Waals surface area (Å²) in [5.41, 5.74) is -0.837. The molecule has 0 aliphatic heterocycles. The van der Waals surface area contributed by atoms with Crippen molar-refractivity contribution < 1.29 is 9.90 Å². The van der Waals surface area contributed by atoms with Crippen LogP contribution in [0.5, 0.6) is 0 Å². The number of carbonyl (C=O) groups is 1. The first-order chi connectivity index (χ1) is 11.2. The van der Waals surface area contributed by atoms with Gasteiger partial charge in [-0.3, -0.25) is 4.79 Å². The molecule has 3 N–H and O–H groups in total. The fourth-order valence-electron chi connectivity index (χ4n) is 4.07. The van der Waals surface area contributed by atoms with E-state index in [1.807, 2.05) is 0 Å². The molecule has 1 aromatic heterocycles. The highest BCUT2D eigenvalue weighted by molar-refractivity contribution is 5.77. The number of aromatic nitrogens is 4. The Bertz CT molecular complexity index is 493. The second-order valence-electron chi connectivity index (χ2n) is 7.18. The summed E-state index contributed by atoms with van der Waals surface area (Å²) in [6, 6.07) is -0.200. The summed E-state index contributed by atoms with van der Waals surface area (Å²) in [5.74, 6) is 0.807. The Labute approximate surface area is 136 Å². The highest BCUT2D eigenvalue weighted by Crippen LogP contribution is 2.34. The second-order valence-corrected chi connectivity index (χ2v) is 7.18. The average molecular weight is 321 g/mol. The number of rotatable bonds is 5. The molecule has 2 aliphatic rings. The molecule has 0 aromatic carbocycles. The first kappa shape index (κ1) is 16.4. The largest absolute Gasteiger partial charge is 0.389 e. The molecule has 7 nitrogen and oxygen atoms in total. The third-order valence-corrected chi connectivity index (χ3v) is 5.35. The van der Waals surface area contributed by atoms with Gasteiger partial charge in [0, 0.05) is 0 Å². The minimum absolute atomic E-state index is 0.102. The summed E-state index contributed by atoms with van der Waals surface area (Å²) >= 11 is 0. The van der Waals surface area contributed by atoms with E-state index in [2.05, 4.69) is 25.9 Å². The Morgan fingerprint density at radius 2 is 1.91 bits per heavy atom. The van der Waals surface area contributed by atoms with E-state index in [1.54, 1.807) is 0 Å². The average Bonchev–Trinajstić information content (AvgIpc) is 3.08. The maximum atomic E-state index is 12.5. The number of amides is 1. The minimum atomic E-state index is -0.837. The van der Waals surface area contributed by atoms with Crippen LogP contribution >= 0.6 is 0 Å². The van der Waals surface area contributed by atoms with Crippen LogP contribution in [-0.2, 0) is 4.79 Å². The highest BCUT2D eigenvalue weighted by Gasteiger charge is 2.34. The van der Waals surface area contributed by atoms with Gasteiger partial charge in [0.15, 0.2) is 5.82 Å². The zero-order valence-electron chi connectivity index (χ0n) is 13.6. The van der Waals surface area contributed by atoms with Gasteiger partial charge in [0.25, 0.3) is 0 Å². The maximum absolute atomic E-state index is 12.5. The summed E-state index contributed by atoms with van der Waals surface area (Å²) in [6.07, 6.45) is 10.5. The lowest BCUT2D eigenvalue weighted by Gasteiger charge is -2.33. The number of aromatic amines is 1. The van der Waals surface area contributed by atoms with E-state index >= 15 is 0 Å². The van der Waals surface area contributed by atoms with E-state index in [0.717, 1.165) is 44.9 Å². The van der Waals surface area contributed by atoms with E-state index < -0.39 is 5.60 Å². The Hall–Kier alpha value is -1.50. The molecule has 128 valence electrons. The molecule has 1 heterocycles. The monoisotopic (exact) mass is 321 g/mol. The number of carbonyl (C=O) groups excluding carboxylic acids is 1. The first-order valence-corrected chi connectivity index (χ1v) is 8.91. The summed E-state index contributed by atoms with van der Waals surface area (Å²) < 4.78 is 0. The van der Waals surface area contributed by atoms with E-state index in [9.17, 15) is 9.90 Å². The first-order valence-electron chi connectivity index (χ1n) is 8.91. The van der Waals surface area contributed by atoms with Crippen LogP contribution in [0.1, 0.15) is 82.5 Å². The van der Waals surface area contributed by atoms with Gasteiger partial charge >= 0.3 is 0 Å². The SMILES string of the molecule is O=C(CC1(O)CCCCC1)NC(c1nn[nH]n1)C1CCCCC1. The van der Waals surface area contributed by atoms with Crippen LogP contribution in [0.4, 0.5) is 0 Å². The van der Waals surface area contributed by atoms with Crippen LogP contribution in [0.15, 0.2) is 0 Å². The molecule has 0 saturated heterocycles. The molecule has 1 amide bonds. The van der Waals surface area contributed by atoms with Gasteiger partial charge in [-0.05, 0) is 31.6 Å². The number of nitrogens with zero attached hydrogens (tertiary/aromatic N) is 3. The lowest BCUT2D eigenvalue weighted by Crippen LogP contribution is -2.41. The van der Waals surface area contributed by atoms with Crippen LogP contribution < -0.4 is 5.32 Å². The zero-order valence-corrected chi connectivity index (χ0v) is 13.6. The van der Waals surface area contributed by atoms with Crippen molar-refractivity contribution in [3.8, 4) is 0 Å². The molecule has 7 heteroatoms. The van der Waals surface area contributed by atoms with E-state index in [-0.39, 0.29) is 18.4 Å². The summed E-state index contributed by atoms with van der Waals surface area (Å²) in [5, 5.41) is 27.9. The van der Waals surface area contributed by atoms with Crippen molar-refractivity contribution in [2.24, 2.45) is 5.92 Å². The van der Waals surface area contributed by atoms with Gasteiger partial charge in [-0.1, -0.05) is 43.7 Å². The molecule has 1 atom stereocenters. The normalized spacial score (nSPS) is 23.3. The van der Waals surface area contributed by atoms with E-state index in [4.69, 9.17) is 0 Å². The smallest absolute Gasteiger partial charge is 0.223 e. The fraction of sp³-hybridized carbons (Fsp3) is 0.875. The quantitative estimate of drug-likeness (QED) is 0.770. The van der Waals surface area contributed by atoms with Gasteiger partial charge in [-0.2, -0.15) is 5.21 Å². The van der Waals surface area contributed by atoms with Crippen LogP contribution in [0.3, 0.4) is 0 Å². The standard InChI is InChI=1S/C16H27N5O2/c22-13(11-16(23)9-5-2-6-10-16)17-14(15-18-20-21-19-15)12-7-3-1-4-8-12/h12,14,23H,1-11H2,(H,17,22)(H,18,19,20,21).